The Kier molecular flexibility index (Phi) is 4.90. The number of benzene rings is 1. The molecule has 0 aliphatic carbocycles. The molecule has 1 N–H and O–H groups in total. The Balaban J connectivity index is 1.69. The molecule has 130 valence electrons. The molecule has 0 saturated carbocycles. The average molecular weight is 328 g/mol. The molecule has 0 bridgehead atoms. The predicted molar refractivity (Wildman–Crippen MR) is 95.7 cm³/mol. The summed E-state index contributed by atoms with van der Waals surface area (Å²) in [5.74, 6) is 2.35. The van der Waals surface area contributed by atoms with Gasteiger partial charge in [-0.1, -0.05) is 45.0 Å². The van der Waals surface area contributed by atoms with Gasteiger partial charge in [-0.25, -0.2) is 0 Å². The summed E-state index contributed by atoms with van der Waals surface area (Å²) in [5.41, 5.74) is 3.99. The van der Waals surface area contributed by atoms with Gasteiger partial charge in [0.1, 0.15) is 0 Å². The number of anilines is 1. The lowest BCUT2D eigenvalue weighted by Crippen LogP contribution is -2.32. The second-order valence-electron chi connectivity index (χ2n) is 7.39. The maximum atomic E-state index is 5.32. The van der Waals surface area contributed by atoms with Gasteiger partial charge in [-0.2, -0.15) is 4.98 Å². The average Bonchev–Trinajstić information content (AvgIpc) is 3.18. The van der Waals surface area contributed by atoms with Crippen LogP contribution in [0.15, 0.2) is 22.7 Å². The van der Waals surface area contributed by atoms with Gasteiger partial charge in [-0.15, -0.1) is 0 Å². The molecule has 5 heteroatoms. The van der Waals surface area contributed by atoms with Crippen molar-refractivity contribution in [2.45, 2.75) is 66.2 Å². The van der Waals surface area contributed by atoms with Crippen molar-refractivity contribution in [2.75, 3.05) is 5.32 Å². The number of hydrogen-bond acceptors (Lipinski definition) is 5. The van der Waals surface area contributed by atoms with Crippen LogP contribution in [0.4, 0.5) is 5.69 Å². The highest BCUT2D eigenvalue weighted by molar-refractivity contribution is 5.56. The predicted octanol–water partition coefficient (Wildman–Crippen LogP) is 4.17. The molecule has 2 aromatic rings. The molecule has 0 radical (unpaired) electrons. The molecular weight excluding hydrogens is 300 g/mol. The molecule has 3 rings (SSSR count). The normalized spacial score (nSPS) is 16.0. The van der Waals surface area contributed by atoms with Crippen molar-refractivity contribution in [2.24, 2.45) is 5.92 Å². The van der Waals surface area contributed by atoms with Gasteiger partial charge in [0.25, 0.3) is 0 Å². The Bertz CT molecular complexity index is 692. The minimum atomic E-state index is 0.287. The zero-order chi connectivity index (χ0) is 17.3. The number of rotatable bonds is 6. The maximum absolute atomic E-state index is 5.32. The summed E-state index contributed by atoms with van der Waals surface area (Å²) in [4.78, 5) is 6.98. The molecule has 0 unspecified atom stereocenters. The minimum absolute atomic E-state index is 0.287. The molecule has 0 saturated heterocycles. The quantitative estimate of drug-likeness (QED) is 0.862. The molecule has 0 amide bonds. The molecule has 1 aliphatic heterocycles. The number of nitrogens with one attached hydrogen (secondary N) is 1. The van der Waals surface area contributed by atoms with Crippen LogP contribution in [0.25, 0.3) is 0 Å². The summed E-state index contributed by atoms with van der Waals surface area (Å²) in [6.45, 7) is 13.6. The smallest absolute Gasteiger partial charge is 0.245 e. The third-order valence-corrected chi connectivity index (χ3v) is 4.98. The van der Waals surface area contributed by atoms with E-state index in [2.05, 4.69) is 73.2 Å². The fourth-order valence-corrected chi connectivity index (χ4v) is 3.07. The van der Waals surface area contributed by atoms with E-state index in [0.29, 0.717) is 24.4 Å². The molecule has 1 atom stereocenters. The van der Waals surface area contributed by atoms with E-state index < -0.39 is 0 Å². The molecule has 1 aliphatic rings. The van der Waals surface area contributed by atoms with Crippen LogP contribution in [0.5, 0.6) is 0 Å². The van der Waals surface area contributed by atoms with Crippen LogP contribution in [-0.2, 0) is 19.6 Å². The van der Waals surface area contributed by atoms with E-state index in [1.165, 1.54) is 16.8 Å². The number of hydrogen-bond donors (Lipinski definition) is 1. The Labute approximate surface area is 144 Å². The van der Waals surface area contributed by atoms with Crippen LogP contribution in [0, 0.1) is 5.92 Å². The van der Waals surface area contributed by atoms with Gasteiger partial charge < -0.3 is 9.84 Å². The second-order valence-corrected chi connectivity index (χ2v) is 7.39. The van der Waals surface area contributed by atoms with E-state index in [9.17, 15) is 0 Å². The number of nitrogens with zero attached hydrogens (tertiary/aromatic N) is 3. The van der Waals surface area contributed by atoms with E-state index in [1.807, 2.05) is 0 Å². The topological polar surface area (TPSA) is 54.2 Å². The van der Waals surface area contributed by atoms with Gasteiger partial charge in [0.05, 0.1) is 6.54 Å². The van der Waals surface area contributed by atoms with Gasteiger partial charge in [0.2, 0.25) is 5.89 Å². The van der Waals surface area contributed by atoms with E-state index in [0.717, 1.165) is 18.9 Å². The first-order valence-electron chi connectivity index (χ1n) is 8.87. The third-order valence-electron chi connectivity index (χ3n) is 4.98. The van der Waals surface area contributed by atoms with Crippen LogP contribution in [0.3, 0.4) is 0 Å². The van der Waals surface area contributed by atoms with Gasteiger partial charge in [-0.05, 0) is 30.0 Å². The largest absolute Gasteiger partial charge is 0.376 e. The zero-order valence-corrected chi connectivity index (χ0v) is 15.3. The van der Waals surface area contributed by atoms with Crippen LogP contribution in [0.1, 0.15) is 63.4 Å². The van der Waals surface area contributed by atoms with Crippen molar-refractivity contribution in [1.29, 1.82) is 0 Å². The molecule has 0 spiro atoms. The summed E-state index contributed by atoms with van der Waals surface area (Å²) in [6.07, 6.45) is 0. The first-order chi connectivity index (χ1) is 11.5. The monoisotopic (exact) mass is 328 g/mol. The molecule has 24 heavy (non-hydrogen) atoms. The molecule has 1 aromatic heterocycles. The summed E-state index contributed by atoms with van der Waals surface area (Å²) < 4.78 is 5.32. The standard InChI is InChI=1S/C19H28N4O/c1-12(2)14(5)23-10-15-7-6-8-17(16(15)11-23)20-9-18-21-19(13(3)4)22-24-18/h6-8,12-14,20H,9-11H2,1-5H3/t14-/m1/s1. The van der Waals surface area contributed by atoms with Crippen LogP contribution < -0.4 is 5.32 Å². The van der Waals surface area contributed by atoms with Crippen molar-refractivity contribution in [1.82, 2.24) is 15.0 Å². The maximum Gasteiger partial charge on any atom is 0.245 e. The third kappa shape index (κ3) is 3.46. The van der Waals surface area contributed by atoms with Crippen molar-refractivity contribution in [3.63, 3.8) is 0 Å². The second kappa shape index (κ2) is 6.93. The molecule has 2 heterocycles. The Morgan fingerprint density at radius 3 is 2.62 bits per heavy atom. The van der Waals surface area contributed by atoms with Crippen LogP contribution in [0.2, 0.25) is 0 Å². The first kappa shape index (κ1) is 17.0. The first-order valence-corrected chi connectivity index (χ1v) is 8.87. The summed E-state index contributed by atoms with van der Waals surface area (Å²) in [5, 5.41) is 7.50. The lowest BCUT2D eigenvalue weighted by molar-refractivity contribution is 0.170. The van der Waals surface area contributed by atoms with Crippen LogP contribution in [-0.4, -0.2) is 21.1 Å². The minimum Gasteiger partial charge on any atom is -0.376 e. The number of fused-ring (bicyclic) bond motifs is 1. The van der Waals surface area contributed by atoms with Crippen molar-refractivity contribution >= 4 is 5.69 Å². The molecule has 0 fully saturated rings. The van der Waals surface area contributed by atoms with Crippen molar-refractivity contribution < 1.29 is 4.52 Å². The Morgan fingerprint density at radius 1 is 1.17 bits per heavy atom. The fourth-order valence-electron chi connectivity index (χ4n) is 3.07. The highest BCUT2D eigenvalue weighted by Gasteiger charge is 2.26. The van der Waals surface area contributed by atoms with Gasteiger partial charge in [-0.3, -0.25) is 4.90 Å². The van der Waals surface area contributed by atoms with Gasteiger partial charge >= 0.3 is 0 Å². The van der Waals surface area contributed by atoms with Gasteiger partial charge in [0.15, 0.2) is 5.82 Å². The lowest BCUT2D eigenvalue weighted by Gasteiger charge is -2.27. The summed E-state index contributed by atoms with van der Waals surface area (Å²) >= 11 is 0. The van der Waals surface area contributed by atoms with Gasteiger partial charge in [0, 0.05) is 30.7 Å². The lowest BCUT2D eigenvalue weighted by atomic mass is 10.1. The molecule has 1 aromatic carbocycles. The highest BCUT2D eigenvalue weighted by atomic mass is 16.5. The zero-order valence-electron chi connectivity index (χ0n) is 15.3. The van der Waals surface area contributed by atoms with E-state index in [4.69, 9.17) is 4.52 Å². The Hall–Kier alpha value is -1.88. The SMILES string of the molecule is CC(C)c1noc(CNc2cccc3c2CN([C@H](C)C(C)C)C3)n1. The van der Waals surface area contributed by atoms with E-state index in [1.54, 1.807) is 0 Å². The molecule has 5 nitrogen and oxygen atoms in total. The highest BCUT2D eigenvalue weighted by Crippen LogP contribution is 2.32. The summed E-state index contributed by atoms with van der Waals surface area (Å²) in [7, 11) is 0. The van der Waals surface area contributed by atoms with E-state index >= 15 is 0 Å². The van der Waals surface area contributed by atoms with Crippen molar-refractivity contribution in [3.05, 3.63) is 41.0 Å². The van der Waals surface area contributed by atoms with E-state index in [-0.39, 0.29) is 5.92 Å². The van der Waals surface area contributed by atoms with Crippen molar-refractivity contribution in [3.8, 4) is 0 Å². The summed E-state index contributed by atoms with van der Waals surface area (Å²) in [6, 6.07) is 7.08. The molecular formula is C19H28N4O. The Morgan fingerprint density at radius 2 is 1.96 bits per heavy atom. The number of aromatic nitrogens is 2. The fraction of sp³-hybridized carbons (Fsp3) is 0.579. The van der Waals surface area contributed by atoms with Crippen LogP contribution >= 0.6 is 0 Å².